The fraction of sp³-hybridized carbons (Fsp3) is 0.0588. The Morgan fingerprint density at radius 1 is 1.23 bits per heavy atom. The van der Waals surface area contributed by atoms with Gasteiger partial charge in [0.05, 0.1) is 11.8 Å². The van der Waals surface area contributed by atoms with Crippen LogP contribution in [0.15, 0.2) is 59.3 Å². The van der Waals surface area contributed by atoms with Crippen molar-refractivity contribution in [2.75, 3.05) is 0 Å². The lowest BCUT2D eigenvalue weighted by atomic mass is 10.2. The van der Waals surface area contributed by atoms with Gasteiger partial charge >= 0.3 is 0 Å². The Morgan fingerprint density at radius 2 is 2.00 bits per heavy atom. The number of nitrogens with zero attached hydrogens (tertiary/aromatic N) is 2. The molecular weight excluding hydrogens is 360 g/mol. The van der Waals surface area contributed by atoms with Crippen molar-refractivity contribution >= 4 is 39.1 Å². The number of halogens is 1. The van der Waals surface area contributed by atoms with Crippen molar-refractivity contribution in [3.05, 3.63) is 69.8 Å². The number of ketones is 1. The van der Waals surface area contributed by atoms with Crippen LogP contribution in [0.2, 0.25) is 0 Å². The highest BCUT2D eigenvalue weighted by molar-refractivity contribution is 9.10. The standard InChI is InChI=1S/C17H13BrN2OS/c1-20-11-13(10-19-20)16(21)8-6-15-7-9-17(22-15)12-2-4-14(18)5-3-12/h2-11H,1H3/b8-6+. The molecule has 110 valence electrons. The van der Waals surface area contributed by atoms with E-state index in [0.29, 0.717) is 5.56 Å². The Labute approximate surface area is 141 Å². The molecule has 0 fully saturated rings. The van der Waals surface area contributed by atoms with E-state index in [-0.39, 0.29) is 5.78 Å². The Bertz CT molecular complexity index is 830. The van der Waals surface area contributed by atoms with E-state index in [9.17, 15) is 4.79 Å². The van der Waals surface area contributed by atoms with Gasteiger partial charge in [-0.15, -0.1) is 11.3 Å². The van der Waals surface area contributed by atoms with Crippen LogP contribution >= 0.6 is 27.3 Å². The summed E-state index contributed by atoms with van der Waals surface area (Å²) in [6.07, 6.45) is 6.74. The van der Waals surface area contributed by atoms with Crippen LogP contribution in [0.25, 0.3) is 16.5 Å². The number of benzene rings is 1. The summed E-state index contributed by atoms with van der Waals surface area (Å²) in [6, 6.07) is 12.3. The molecule has 2 aromatic heterocycles. The van der Waals surface area contributed by atoms with E-state index < -0.39 is 0 Å². The zero-order valence-corrected chi connectivity index (χ0v) is 14.3. The Balaban J connectivity index is 1.75. The summed E-state index contributed by atoms with van der Waals surface area (Å²) in [5, 5.41) is 4.00. The Kier molecular flexibility index (Phi) is 4.36. The highest BCUT2D eigenvalue weighted by atomic mass is 79.9. The second-order valence-corrected chi connectivity index (χ2v) is 6.84. The lowest BCUT2D eigenvalue weighted by molar-refractivity contribution is 0.104. The van der Waals surface area contributed by atoms with Crippen LogP contribution in [-0.4, -0.2) is 15.6 Å². The molecule has 0 aliphatic carbocycles. The molecular formula is C17H13BrN2OS. The molecule has 3 rings (SSSR count). The molecule has 3 nitrogen and oxygen atoms in total. The van der Waals surface area contributed by atoms with Gasteiger partial charge in [0.15, 0.2) is 5.78 Å². The summed E-state index contributed by atoms with van der Waals surface area (Å²) < 4.78 is 2.69. The van der Waals surface area contributed by atoms with Crippen molar-refractivity contribution in [1.29, 1.82) is 0 Å². The SMILES string of the molecule is Cn1cc(C(=O)/C=C/c2ccc(-c3ccc(Br)cc3)s2)cn1. The maximum Gasteiger partial charge on any atom is 0.189 e. The first-order valence-electron chi connectivity index (χ1n) is 6.69. The molecule has 22 heavy (non-hydrogen) atoms. The number of aromatic nitrogens is 2. The summed E-state index contributed by atoms with van der Waals surface area (Å²) in [4.78, 5) is 14.2. The fourth-order valence-electron chi connectivity index (χ4n) is 2.01. The second-order valence-electron chi connectivity index (χ2n) is 4.81. The molecule has 1 aromatic carbocycles. The number of allylic oxidation sites excluding steroid dienone is 1. The molecule has 0 saturated heterocycles. The molecule has 0 bridgehead atoms. The van der Waals surface area contributed by atoms with Gasteiger partial charge in [0.1, 0.15) is 0 Å². The van der Waals surface area contributed by atoms with E-state index in [1.165, 1.54) is 10.4 Å². The van der Waals surface area contributed by atoms with Crippen LogP contribution in [0.4, 0.5) is 0 Å². The van der Waals surface area contributed by atoms with Gasteiger partial charge in [0, 0.05) is 27.5 Å². The average Bonchev–Trinajstić information content (AvgIpc) is 3.15. The third kappa shape index (κ3) is 3.43. The molecule has 0 unspecified atom stereocenters. The van der Waals surface area contributed by atoms with E-state index in [0.717, 1.165) is 9.35 Å². The quantitative estimate of drug-likeness (QED) is 0.486. The van der Waals surface area contributed by atoms with Crippen molar-refractivity contribution in [2.24, 2.45) is 7.05 Å². The molecule has 0 N–H and O–H groups in total. The molecule has 0 radical (unpaired) electrons. The van der Waals surface area contributed by atoms with Crippen molar-refractivity contribution in [2.45, 2.75) is 0 Å². The van der Waals surface area contributed by atoms with Crippen LogP contribution in [0.3, 0.4) is 0 Å². The zero-order valence-electron chi connectivity index (χ0n) is 11.9. The molecule has 3 aromatic rings. The lowest BCUT2D eigenvalue weighted by Crippen LogP contribution is -1.91. The van der Waals surface area contributed by atoms with E-state index in [1.54, 1.807) is 41.5 Å². The van der Waals surface area contributed by atoms with Gasteiger partial charge in [-0.1, -0.05) is 28.1 Å². The molecule has 0 spiro atoms. The van der Waals surface area contributed by atoms with Gasteiger partial charge in [-0.2, -0.15) is 5.10 Å². The monoisotopic (exact) mass is 372 g/mol. The van der Waals surface area contributed by atoms with Crippen molar-refractivity contribution < 1.29 is 4.79 Å². The maximum absolute atomic E-state index is 12.0. The van der Waals surface area contributed by atoms with Gasteiger partial charge < -0.3 is 0 Å². The van der Waals surface area contributed by atoms with Gasteiger partial charge in [-0.05, 0) is 42.0 Å². The van der Waals surface area contributed by atoms with Crippen molar-refractivity contribution in [3.63, 3.8) is 0 Å². The van der Waals surface area contributed by atoms with Crippen LogP contribution < -0.4 is 0 Å². The Morgan fingerprint density at radius 3 is 2.68 bits per heavy atom. The van der Waals surface area contributed by atoms with Gasteiger partial charge in [-0.25, -0.2) is 0 Å². The van der Waals surface area contributed by atoms with E-state index in [1.807, 2.05) is 24.3 Å². The highest BCUT2D eigenvalue weighted by Crippen LogP contribution is 2.29. The van der Waals surface area contributed by atoms with Crippen molar-refractivity contribution in [1.82, 2.24) is 9.78 Å². The number of thiophene rings is 1. The largest absolute Gasteiger partial charge is 0.289 e. The number of carbonyl (C=O) groups excluding carboxylic acids is 1. The summed E-state index contributed by atoms with van der Waals surface area (Å²) >= 11 is 5.09. The van der Waals surface area contributed by atoms with Crippen LogP contribution in [0, 0.1) is 0 Å². The number of hydrogen-bond acceptors (Lipinski definition) is 3. The molecule has 0 aliphatic heterocycles. The smallest absolute Gasteiger partial charge is 0.189 e. The summed E-state index contributed by atoms with van der Waals surface area (Å²) in [7, 11) is 1.80. The minimum absolute atomic E-state index is 0.0355. The first-order valence-corrected chi connectivity index (χ1v) is 8.29. The molecule has 0 aliphatic rings. The summed E-state index contributed by atoms with van der Waals surface area (Å²) in [5.74, 6) is -0.0355. The van der Waals surface area contributed by atoms with Gasteiger partial charge in [-0.3, -0.25) is 9.48 Å². The number of carbonyl (C=O) groups is 1. The van der Waals surface area contributed by atoms with E-state index in [4.69, 9.17) is 0 Å². The highest BCUT2D eigenvalue weighted by Gasteiger charge is 2.05. The number of hydrogen-bond donors (Lipinski definition) is 0. The van der Waals surface area contributed by atoms with Crippen molar-refractivity contribution in [3.8, 4) is 10.4 Å². The second kappa shape index (κ2) is 6.42. The molecule has 0 saturated carbocycles. The lowest BCUT2D eigenvalue weighted by Gasteiger charge is -1.96. The fourth-order valence-corrected chi connectivity index (χ4v) is 3.19. The zero-order chi connectivity index (χ0) is 15.5. The van der Waals surface area contributed by atoms with E-state index in [2.05, 4.69) is 39.2 Å². The third-order valence-electron chi connectivity index (χ3n) is 3.14. The molecule has 0 amide bonds. The summed E-state index contributed by atoms with van der Waals surface area (Å²) in [5.41, 5.74) is 1.77. The minimum atomic E-state index is -0.0355. The minimum Gasteiger partial charge on any atom is -0.289 e. The Hall–Kier alpha value is -1.98. The van der Waals surface area contributed by atoms with Crippen LogP contribution in [0.5, 0.6) is 0 Å². The normalized spacial score (nSPS) is 11.2. The van der Waals surface area contributed by atoms with Gasteiger partial charge in [0.2, 0.25) is 0 Å². The third-order valence-corrected chi connectivity index (χ3v) is 4.77. The number of rotatable bonds is 4. The molecule has 0 atom stereocenters. The predicted molar refractivity (Wildman–Crippen MR) is 94.0 cm³/mol. The number of aryl methyl sites for hydroxylation is 1. The topological polar surface area (TPSA) is 34.9 Å². The average molecular weight is 373 g/mol. The predicted octanol–water partition coefficient (Wildman–Crippen LogP) is 4.81. The molecule has 2 heterocycles. The van der Waals surface area contributed by atoms with Crippen LogP contribution in [0.1, 0.15) is 15.2 Å². The first kappa shape index (κ1) is 14.9. The molecule has 5 heteroatoms. The summed E-state index contributed by atoms with van der Waals surface area (Å²) in [6.45, 7) is 0. The first-order chi connectivity index (χ1) is 10.6. The van der Waals surface area contributed by atoms with E-state index >= 15 is 0 Å². The van der Waals surface area contributed by atoms with Crippen LogP contribution in [-0.2, 0) is 7.05 Å². The maximum atomic E-state index is 12.0. The van der Waals surface area contributed by atoms with Gasteiger partial charge in [0.25, 0.3) is 0 Å².